The van der Waals surface area contributed by atoms with Gasteiger partial charge in [0.25, 0.3) is 0 Å². The minimum Gasteiger partial charge on any atom is -0.507 e. The molecule has 0 aromatic heterocycles. The highest BCUT2D eigenvalue weighted by Crippen LogP contribution is 2.34. The van der Waals surface area contributed by atoms with Gasteiger partial charge in [0.05, 0.1) is 19.1 Å². The minimum atomic E-state index is -1.56. The van der Waals surface area contributed by atoms with Crippen molar-refractivity contribution >= 4 is 24.9 Å². The first-order chi connectivity index (χ1) is 14.7. The highest BCUT2D eigenvalue weighted by atomic mass is 16.5. The highest BCUT2D eigenvalue weighted by molar-refractivity contribution is 6.41. The molecule has 2 atom stereocenters. The normalized spacial score (nSPS) is 20.8. The van der Waals surface area contributed by atoms with Crippen molar-refractivity contribution in [3.8, 4) is 11.5 Å². The van der Waals surface area contributed by atoms with Crippen LogP contribution in [0.1, 0.15) is 29.3 Å². The van der Waals surface area contributed by atoms with Crippen LogP contribution in [0, 0.1) is 0 Å². The van der Waals surface area contributed by atoms with Gasteiger partial charge < -0.3 is 40.5 Å². The number of aromatic hydroxyl groups is 1. The molecule has 3 rings (SSSR count). The number of phenols is 1. The van der Waals surface area contributed by atoms with Crippen molar-refractivity contribution in [1.29, 1.82) is 0 Å². The van der Waals surface area contributed by atoms with Crippen molar-refractivity contribution in [2.75, 3.05) is 19.6 Å². The molecule has 0 spiro atoms. The number of nitrogens with zero attached hydrogens (tertiary/aromatic N) is 1. The zero-order chi connectivity index (χ0) is 22.7. The van der Waals surface area contributed by atoms with Crippen molar-refractivity contribution in [3.05, 3.63) is 23.3 Å². The summed E-state index contributed by atoms with van der Waals surface area (Å²) in [6.07, 6.45) is 0.120. The smallest absolute Gasteiger partial charge is 0.451 e. The number of carboxylic acid groups (broad SMARTS) is 1. The van der Waals surface area contributed by atoms with Gasteiger partial charge in [-0.15, -0.1) is 0 Å². The van der Waals surface area contributed by atoms with Crippen LogP contribution >= 0.6 is 0 Å². The maximum Gasteiger partial charge on any atom is 0.451 e. The summed E-state index contributed by atoms with van der Waals surface area (Å²) in [7, 11) is -1.56. The lowest BCUT2D eigenvalue weighted by atomic mass is 9.82. The fourth-order valence-corrected chi connectivity index (χ4v) is 3.82. The second-order valence-electron chi connectivity index (χ2n) is 7.85. The number of hydrogen-bond acceptors (Lipinski definition) is 8. The number of hydrogen-bond donors (Lipinski definition) is 6. The van der Waals surface area contributed by atoms with Crippen LogP contribution in [-0.4, -0.2) is 87.9 Å². The fourth-order valence-electron chi connectivity index (χ4n) is 3.82. The molecule has 31 heavy (non-hydrogen) atoms. The SMILES string of the molecule is CC(=O)N[C@H]1CN[C@H](C(=O)N2CC(Oc3ccc(CCB(O)O)c(O)c3C(=O)O)C2)C1. The van der Waals surface area contributed by atoms with Crippen molar-refractivity contribution in [2.24, 2.45) is 0 Å². The van der Waals surface area contributed by atoms with Crippen LogP contribution in [0.5, 0.6) is 11.5 Å². The van der Waals surface area contributed by atoms with Crippen LogP contribution in [-0.2, 0) is 16.0 Å². The summed E-state index contributed by atoms with van der Waals surface area (Å²) < 4.78 is 5.71. The van der Waals surface area contributed by atoms with Crippen LogP contribution < -0.4 is 15.4 Å². The molecule has 168 valence electrons. The number of carbonyl (C=O) groups excluding carboxylic acids is 2. The molecule has 0 aliphatic carbocycles. The molecule has 2 aliphatic heterocycles. The lowest BCUT2D eigenvalue weighted by molar-refractivity contribution is -0.142. The predicted octanol–water partition coefficient (Wildman–Crippen LogP) is -1.44. The predicted molar refractivity (Wildman–Crippen MR) is 109 cm³/mol. The van der Waals surface area contributed by atoms with Gasteiger partial charge in [0.1, 0.15) is 23.2 Å². The Balaban J connectivity index is 1.57. The lowest BCUT2D eigenvalue weighted by Gasteiger charge is -2.40. The molecule has 2 amide bonds. The molecule has 0 saturated carbocycles. The molecule has 6 N–H and O–H groups in total. The van der Waals surface area contributed by atoms with Gasteiger partial charge in [-0.2, -0.15) is 0 Å². The van der Waals surface area contributed by atoms with E-state index in [1.807, 2.05) is 0 Å². The number of amides is 2. The van der Waals surface area contributed by atoms with Crippen molar-refractivity contribution < 1.29 is 39.4 Å². The molecule has 1 aromatic rings. The molecule has 2 saturated heterocycles. The third kappa shape index (κ3) is 5.46. The minimum absolute atomic E-state index is 0.0138. The van der Waals surface area contributed by atoms with E-state index in [1.54, 1.807) is 4.90 Å². The Morgan fingerprint density at radius 2 is 2.00 bits per heavy atom. The van der Waals surface area contributed by atoms with Gasteiger partial charge in [-0.25, -0.2) is 4.79 Å². The first-order valence-electron chi connectivity index (χ1n) is 10.1. The van der Waals surface area contributed by atoms with E-state index in [-0.39, 0.29) is 55.0 Å². The summed E-state index contributed by atoms with van der Waals surface area (Å²) in [5, 5.41) is 43.6. The Bertz CT molecular complexity index is 859. The summed E-state index contributed by atoms with van der Waals surface area (Å²) in [4.78, 5) is 37.0. The van der Waals surface area contributed by atoms with Crippen LogP contribution in [0.3, 0.4) is 0 Å². The Hall–Kier alpha value is -2.83. The Morgan fingerprint density at radius 1 is 1.29 bits per heavy atom. The summed E-state index contributed by atoms with van der Waals surface area (Å²) in [5.74, 6) is -2.11. The Morgan fingerprint density at radius 3 is 2.61 bits per heavy atom. The van der Waals surface area contributed by atoms with Crippen LogP contribution in [0.4, 0.5) is 0 Å². The molecule has 0 unspecified atom stereocenters. The van der Waals surface area contributed by atoms with Crippen LogP contribution in [0.2, 0.25) is 6.32 Å². The zero-order valence-corrected chi connectivity index (χ0v) is 17.1. The molecular formula is C19H26BN3O8. The lowest BCUT2D eigenvalue weighted by Crippen LogP contribution is -2.59. The van der Waals surface area contributed by atoms with E-state index in [4.69, 9.17) is 14.8 Å². The summed E-state index contributed by atoms with van der Waals surface area (Å²) in [5.41, 5.74) is -0.130. The Kier molecular flexibility index (Phi) is 7.03. The molecule has 1 aromatic carbocycles. The molecule has 2 heterocycles. The third-order valence-electron chi connectivity index (χ3n) is 5.40. The zero-order valence-electron chi connectivity index (χ0n) is 17.1. The van der Waals surface area contributed by atoms with E-state index in [1.165, 1.54) is 19.1 Å². The number of nitrogens with one attached hydrogen (secondary N) is 2. The van der Waals surface area contributed by atoms with Crippen molar-refractivity contribution in [2.45, 2.75) is 44.3 Å². The van der Waals surface area contributed by atoms with Gasteiger partial charge >= 0.3 is 13.1 Å². The maximum absolute atomic E-state index is 12.6. The number of aryl methyl sites for hydroxylation is 1. The molecule has 12 heteroatoms. The average Bonchev–Trinajstić information content (AvgIpc) is 3.10. The summed E-state index contributed by atoms with van der Waals surface area (Å²) >= 11 is 0. The number of aromatic carboxylic acids is 1. The quantitative estimate of drug-likeness (QED) is 0.268. The van der Waals surface area contributed by atoms with Crippen LogP contribution in [0.15, 0.2) is 12.1 Å². The number of carboxylic acids is 1. The summed E-state index contributed by atoms with van der Waals surface area (Å²) in [6, 6.07) is 2.42. The van der Waals surface area contributed by atoms with Gasteiger partial charge in [-0.05, 0) is 30.8 Å². The van der Waals surface area contributed by atoms with Crippen molar-refractivity contribution in [1.82, 2.24) is 15.5 Å². The number of ether oxygens (including phenoxy) is 1. The largest absolute Gasteiger partial charge is 0.507 e. The van der Waals surface area contributed by atoms with Crippen molar-refractivity contribution in [3.63, 3.8) is 0 Å². The van der Waals surface area contributed by atoms with Crippen LogP contribution in [0.25, 0.3) is 0 Å². The number of carbonyl (C=O) groups is 3. The van der Waals surface area contributed by atoms with E-state index in [0.717, 1.165) is 0 Å². The molecule has 2 aliphatic rings. The average molecular weight is 435 g/mol. The second kappa shape index (κ2) is 9.54. The van der Waals surface area contributed by atoms with E-state index < -0.39 is 36.5 Å². The highest BCUT2D eigenvalue weighted by Gasteiger charge is 2.39. The van der Waals surface area contributed by atoms with Gasteiger partial charge in [0.15, 0.2) is 0 Å². The van der Waals surface area contributed by atoms with Gasteiger partial charge in [-0.3, -0.25) is 9.59 Å². The van der Waals surface area contributed by atoms with E-state index in [2.05, 4.69) is 10.6 Å². The fraction of sp³-hybridized carbons (Fsp3) is 0.526. The molecule has 0 bridgehead atoms. The number of likely N-dealkylation sites (tertiary alicyclic amines) is 1. The maximum atomic E-state index is 12.6. The molecule has 11 nitrogen and oxygen atoms in total. The summed E-state index contributed by atoms with van der Waals surface area (Å²) in [6.45, 7) is 2.50. The molecule has 2 fully saturated rings. The van der Waals surface area contributed by atoms with E-state index in [9.17, 15) is 24.6 Å². The number of benzene rings is 1. The second-order valence-corrected chi connectivity index (χ2v) is 7.85. The topological polar surface area (TPSA) is 169 Å². The third-order valence-corrected chi connectivity index (χ3v) is 5.40. The number of rotatable bonds is 8. The molecular weight excluding hydrogens is 409 g/mol. The first kappa shape index (κ1) is 22.9. The first-order valence-corrected chi connectivity index (χ1v) is 10.1. The van der Waals surface area contributed by atoms with Gasteiger partial charge in [0.2, 0.25) is 11.8 Å². The standard InChI is InChI=1S/C19H26BN3O8/c1-10(24)22-12-6-14(21-7-12)18(26)23-8-13(9-23)31-15-3-2-11(4-5-20(29)30)17(25)16(15)19(27)28/h2-3,12-14,21,25,29-30H,4-9H2,1H3,(H,22,24)(H,27,28)/t12-,14+/m1/s1. The van der Waals surface area contributed by atoms with Gasteiger partial charge in [-0.1, -0.05) is 6.07 Å². The molecule has 0 radical (unpaired) electrons. The van der Waals surface area contributed by atoms with Gasteiger partial charge in [0, 0.05) is 19.5 Å². The monoisotopic (exact) mass is 435 g/mol. The van der Waals surface area contributed by atoms with E-state index >= 15 is 0 Å². The van der Waals surface area contributed by atoms with E-state index in [0.29, 0.717) is 13.0 Å². The Labute approximate surface area is 179 Å².